The molecule has 182 valence electrons. The lowest BCUT2D eigenvalue weighted by atomic mass is 10.1. The predicted molar refractivity (Wildman–Crippen MR) is 143 cm³/mol. The maximum absolute atomic E-state index is 10.9. The van der Waals surface area contributed by atoms with E-state index in [1.165, 1.54) is 17.7 Å². The molecule has 36 heavy (non-hydrogen) atoms. The molecule has 0 amide bonds. The third kappa shape index (κ3) is 6.30. The third-order valence-electron chi connectivity index (χ3n) is 5.32. The zero-order chi connectivity index (χ0) is 25.7. The number of halogens is 1. The fourth-order valence-electron chi connectivity index (χ4n) is 3.17. The Kier molecular flexibility index (Phi) is 7.36. The molecule has 0 bridgehead atoms. The summed E-state index contributed by atoms with van der Waals surface area (Å²) < 4.78 is 0. The van der Waals surface area contributed by atoms with E-state index in [2.05, 4.69) is 36.1 Å². The van der Waals surface area contributed by atoms with Gasteiger partial charge in [-0.1, -0.05) is 29.8 Å². The number of nitro benzene ring substituents is 1. The SMILES string of the molecule is C/C(=N\Nc1nc(Nc2ccc([N+](=O)[O-])cc2)nc(Nc2ccc(C)c(C)c2)n1)c1ccc(Cl)cc1. The van der Waals surface area contributed by atoms with Gasteiger partial charge in [0.15, 0.2) is 0 Å². The summed E-state index contributed by atoms with van der Waals surface area (Å²) in [6.45, 7) is 5.91. The van der Waals surface area contributed by atoms with Crippen molar-refractivity contribution in [2.45, 2.75) is 20.8 Å². The Bertz CT molecular complexity index is 1420. The highest BCUT2D eigenvalue weighted by molar-refractivity contribution is 6.30. The summed E-state index contributed by atoms with van der Waals surface area (Å²) >= 11 is 5.97. The molecule has 3 N–H and O–H groups in total. The molecule has 1 heterocycles. The van der Waals surface area contributed by atoms with Crippen LogP contribution in [0, 0.1) is 24.0 Å². The number of anilines is 5. The highest BCUT2D eigenvalue weighted by atomic mass is 35.5. The van der Waals surface area contributed by atoms with Crippen molar-refractivity contribution in [1.29, 1.82) is 0 Å². The third-order valence-corrected chi connectivity index (χ3v) is 5.57. The summed E-state index contributed by atoms with van der Waals surface area (Å²) in [6.07, 6.45) is 0. The van der Waals surface area contributed by atoms with Crippen molar-refractivity contribution >= 4 is 52.2 Å². The molecular formula is C25H23ClN8O2. The number of benzene rings is 3. The fourth-order valence-corrected chi connectivity index (χ4v) is 3.30. The number of nitrogens with zero attached hydrogens (tertiary/aromatic N) is 5. The highest BCUT2D eigenvalue weighted by Crippen LogP contribution is 2.22. The predicted octanol–water partition coefficient (Wildman–Crippen LogP) is 6.37. The number of hydrogen-bond acceptors (Lipinski definition) is 9. The van der Waals surface area contributed by atoms with Crippen LogP contribution in [0.4, 0.5) is 34.9 Å². The summed E-state index contributed by atoms with van der Waals surface area (Å²) in [7, 11) is 0. The lowest BCUT2D eigenvalue weighted by Crippen LogP contribution is -2.08. The zero-order valence-corrected chi connectivity index (χ0v) is 20.5. The molecule has 0 saturated heterocycles. The van der Waals surface area contributed by atoms with Crippen molar-refractivity contribution in [1.82, 2.24) is 15.0 Å². The van der Waals surface area contributed by atoms with Crippen molar-refractivity contribution in [2.75, 3.05) is 16.1 Å². The summed E-state index contributed by atoms with van der Waals surface area (Å²) in [5.74, 6) is 0.723. The van der Waals surface area contributed by atoms with Gasteiger partial charge in [-0.2, -0.15) is 20.1 Å². The second-order valence-electron chi connectivity index (χ2n) is 7.98. The van der Waals surface area contributed by atoms with E-state index in [1.807, 2.05) is 51.1 Å². The highest BCUT2D eigenvalue weighted by Gasteiger charge is 2.10. The molecule has 0 radical (unpaired) electrons. The molecule has 0 aliphatic rings. The Morgan fingerprint density at radius 2 is 1.42 bits per heavy atom. The van der Waals surface area contributed by atoms with Gasteiger partial charge in [-0.05, 0) is 73.9 Å². The molecule has 0 fully saturated rings. The first-order chi connectivity index (χ1) is 17.3. The molecule has 4 aromatic rings. The van der Waals surface area contributed by atoms with Crippen LogP contribution in [0.25, 0.3) is 0 Å². The van der Waals surface area contributed by atoms with Crippen LogP contribution in [0.2, 0.25) is 5.02 Å². The molecule has 10 nitrogen and oxygen atoms in total. The quantitative estimate of drug-likeness (QED) is 0.144. The van der Waals surface area contributed by atoms with E-state index in [9.17, 15) is 10.1 Å². The lowest BCUT2D eigenvalue weighted by Gasteiger charge is -2.11. The number of hydrogen-bond donors (Lipinski definition) is 3. The number of rotatable bonds is 8. The van der Waals surface area contributed by atoms with Crippen molar-refractivity contribution < 1.29 is 4.92 Å². The van der Waals surface area contributed by atoms with Gasteiger partial charge in [-0.15, -0.1) is 0 Å². The van der Waals surface area contributed by atoms with Crippen LogP contribution in [-0.2, 0) is 0 Å². The maximum atomic E-state index is 10.9. The topological polar surface area (TPSA) is 130 Å². The first-order valence-electron chi connectivity index (χ1n) is 10.9. The smallest absolute Gasteiger partial charge is 0.269 e. The Labute approximate surface area is 212 Å². The molecule has 0 aliphatic heterocycles. The van der Waals surface area contributed by atoms with E-state index < -0.39 is 4.92 Å². The first-order valence-corrected chi connectivity index (χ1v) is 11.3. The van der Waals surface area contributed by atoms with Gasteiger partial charge in [0.25, 0.3) is 5.69 Å². The maximum Gasteiger partial charge on any atom is 0.269 e. The Hall–Kier alpha value is -4.57. The Balaban J connectivity index is 1.62. The van der Waals surface area contributed by atoms with Gasteiger partial charge in [0.2, 0.25) is 17.8 Å². The minimum absolute atomic E-state index is 0.0114. The van der Waals surface area contributed by atoms with Crippen LogP contribution in [0.3, 0.4) is 0 Å². The van der Waals surface area contributed by atoms with E-state index in [1.54, 1.807) is 24.3 Å². The van der Waals surface area contributed by atoms with Crippen LogP contribution < -0.4 is 16.1 Å². The van der Waals surface area contributed by atoms with E-state index in [0.29, 0.717) is 22.4 Å². The molecule has 4 rings (SSSR count). The Morgan fingerprint density at radius 3 is 2.03 bits per heavy atom. The van der Waals surface area contributed by atoms with Gasteiger partial charge < -0.3 is 10.6 Å². The number of aromatic nitrogens is 3. The second-order valence-corrected chi connectivity index (χ2v) is 8.41. The monoisotopic (exact) mass is 502 g/mol. The van der Waals surface area contributed by atoms with E-state index >= 15 is 0 Å². The minimum atomic E-state index is -0.457. The number of nitro groups is 1. The van der Waals surface area contributed by atoms with Gasteiger partial charge >= 0.3 is 0 Å². The molecule has 11 heteroatoms. The number of aryl methyl sites for hydroxylation is 2. The molecule has 3 aromatic carbocycles. The molecular weight excluding hydrogens is 480 g/mol. The minimum Gasteiger partial charge on any atom is -0.324 e. The van der Waals surface area contributed by atoms with E-state index in [4.69, 9.17) is 11.6 Å². The number of nitrogens with one attached hydrogen (secondary N) is 3. The first kappa shape index (κ1) is 24.6. The normalized spacial score (nSPS) is 11.2. The van der Waals surface area contributed by atoms with E-state index in [-0.39, 0.29) is 17.6 Å². The van der Waals surface area contributed by atoms with Crippen LogP contribution >= 0.6 is 11.6 Å². The number of non-ortho nitro benzene ring substituents is 1. The van der Waals surface area contributed by atoms with Crippen molar-refractivity contribution in [3.63, 3.8) is 0 Å². The van der Waals surface area contributed by atoms with Gasteiger partial charge in [-0.3, -0.25) is 10.1 Å². The molecule has 0 atom stereocenters. The average Bonchev–Trinajstić information content (AvgIpc) is 2.85. The van der Waals surface area contributed by atoms with Gasteiger partial charge in [-0.25, -0.2) is 5.43 Å². The molecule has 0 unspecified atom stereocenters. The van der Waals surface area contributed by atoms with Gasteiger partial charge in [0.1, 0.15) is 0 Å². The lowest BCUT2D eigenvalue weighted by molar-refractivity contribution is -0.384. The van der Waals surface area contributed by atoms with Crippen LogP contribution in [0.15, 0.2) is 71.8 Å². The second kappa shape index (κ2) is 10.8. The fraction of sp³-hybridized carbons (Fsp3) is 0.120. The standard InChI is InChI=1S/C25H23ClN8O2/c1-15-4-9-21(14-16(15)2)28-24-29-23(27-20-10-12-22(13-11-20)34(35)36)30-25(31-24)33-32-17(3)18-5-7-19(26)8-6-18/h4-14H,1-3H3,(H3,27,28,29,30,31,33)/b32-17+. The van der Waals surface area contributed by atoms with Crippen molar-refractivity contribution in [2.24, 2.45) is 5.10 Å². The summed E-state index contributed by atoms with van der Waals surface area (Å²) in [4.78, 5) is 23.8. The molecule has 0 aliphatic carbocycles. The molecule has 0 saturated carbocycles. The number of hydrazone groups is 1. The Morgan fingerprint density at radius 1 is 0.833 bits per heavy atom. The summed E-state index contributed by atoms with van der Waals surface area (Å²) in [5, 5.41) is 22.2. The molecule has 0 spiro atoms. The zero-order valence-electron chi connectivity index (χ0n) is 19.8. The van der Waals surface area contributed by atoms with Crippen LogP contribution in [-0.4, -0.2) is 25.6 Å². The average molecular weight is 503 g/mol. The van der Waals surface area contributed by atoms with Gasteiger partial charge in [0, 0.05) is 28.5 Å². The van der Waals surface area contributed by atoms with E-state index in [0.717, 1.165) is 16.8 Å². The summed E-state index contributed by atoms with van der Waals surface area (Å²) in [5.41, 5.74) is 8.16. The van der Waals surface area contributed by atoms with Crippen LogP contribution in [0.1, 0.15) is 23.6 Å². The molecule has 1 aromatic heterocycles. The van der Waals surface area contributed by atoms with Crippen LogP contribution in [0.5, 0.6) is 0 Å². The summed E-state index contributed by atoms with van der Waals surface area (Å²) in [6, 6.07) is 19.2. The van der Waals surface area contributed by atoms with Gasteiger partial charge in [0.05, 0.1) is 10.6 Å². The van der Waals surface area contributed by atoms with Crippen molar-refractivity contribution in [3.05, 3.63) is 98.6 Å². The largest absolute Gasteiger partial charge is 0.324 e. The van der Waals surface area contributed by atoms with Crippen molar-refractivity contribution in [3.8, 4) is 0 Å².